The van der Waals surface area contributed by atoms with Crippen molar-refractivity contribution >= 4 is 27.5 Å². The number of hydrogen-bond donors (Lipinski definition) is 2. The van der Waals surface area contributed by atoms with E-state index in [1.807, 2.05) is 12.1 Å². The molecule has 0 radical (unpaired) electrons. The van der Waals surface area contributed by atoms with Crippen molar-refractivity contribution in [3.63, 3.8) is 0 Å². The number of rotatable bonds is 7. The first kappa shape index (κ1) is 24.3. The highest BCUT2D eigenvalue weighted by Crippen LogP contribution is 2.42. The molecule has 3 aromatic rings. The van der Waals surface area contributed by atoms with Gasteiger partial charge in [0.15, 0.2) is 0 Å². The molecule has 0 bridgehead atoms. The first-order valence-corrected chi connectivity index (χ1v) is 12.5. The van der Waals surface area contributed by atoms with E-state index in [4.69, 9.17) is 14.5 Å². The van der Waals surface area contributed by atoms with Crippen LogP contribution in [0.5, 0.6) is 11.5 Å². The summed E-state index contributed by atoms with van der Waals surface area (Å²) in [6.45, 7) is 7.21. The zero-order valence-corrected chi connectivity index (χ0v) is 21.4. The van der Waals surface area contributed by atoms with Crippen LogP contribution in [0.15, 0.2) is 23.0 Å². The van der Waals surface area contributed by atoms with Crippen molar-refractivity contribution in [3.05, 3.63) is 50.4 Å². The number of benzene rings is 1. The Hall–Kier alpha value is -2.87. The van der Waals surface area contributed by atoms with Gasteiger partial charge in [0.1, 0.15) is 22.2 Å². The number of nitrogens with zero attached hydrogens (tertiary/aromatic N) is 1. The Morgan fingerprint density at radius 2 is 2.06 bits per heavy atom. The van der Waals surface area contributed by atoms with Crippen LogP contribution in [0.3, 0.4) is 0 Å². The molecule has 2 N–H and O–H groups in total. The van der Waals surface area contributed by atoms with Crippen molar-refractivity contribution in [2.75, 3.05) is 14.2 Å². The van der Waals surface area contributed by atoms with Gasteiger partial charge < -0.3 is 19.8 Å². The van der Waals surface area contributed by atoms with E-state index in [1.54, 1.807) is 31.6 Å². The van der Waals surface area contributed by atoms with Crippen LogP contribution >= 0.6 is 11.3 Å². The highest BCUT2D eigenvalue weighted by Gasteiger charge is 2.31. The van der Waals surface area contributed by atoms with Gasteiger partial charge in [0.2, 0.25) is 5.91 Å². The summed E-state index contributed by atoms with van der Waals surface area (Å²) in [6.07, 6.45) is 3.65. The topological polar surface area (TPSA) is 93.3 Å². The van der Waals surface area contributed by atoms with Crippen LogP contribution in [0.25, 0.3) is 10.2 Å². The fourth-order valence-corrected chi connectivity index (χ4v) is 5.92. The van der Waals surface area contributed by atoms with Crippen molar-refractivity contribution < 1.29 is 14.3 Å². The summed E-state index contributed by atoms with van der Waals surface area (Å²) in [6, 6.07) is 5.49. The molecule has 0 saturated heterocycles. The zero-order valence-electron chi connectivity index (χ0n) is 20.5. The number of thiophene rings is 1. The molecular weight excluding hydrogens is 450 g/mol. The maximum atomic E-state index is 12.9. The molecule has 1 atom stereocenters. The summed E-state index contributed by atoms with van der Waals surface area (Å²) in [7, 11) is 3.18. The Morgan fingerprint density at radius 3 is 2.76 bits per heavy atom. The maximum Gasteiger partial charge on any atom is 0.259 e. The molecule has 182 valence electrons. The number of methoxy groups -OCH3 is 2. The van der Waals surface area contributed by atoms with E-state index in [0.717, 1.165) is 35.0 Å². The molecule has 7 nitrogen and oxygen atoms in total. The summed E-state index contributed by atoms with van der Waals surface area (Å²) in [4.78, 5) is 35.0. The summed E-state index contributed by atoms with van der Waals surface area (Å²) < 4.78 is 10.6. The van der Waals surface area contributed by atoms with E-state index in [9.17, 15) is 9.59 Å². The zero-order chi connectivity index (χ0) is 24.5. The minimum Gasteiger partial charge on any atom is -0.497 e. The van der Waals surface area contributed by atoms with Gasteiger partial charge in [-0.05, 0) is 48.3 Å². The van der Waals surface area contributed by atoms with Crippen molar-refractivity contribution in [2.24, 2.45) is 11.3 Å². The van der Waals surface area contributed by atoms with E-state index in [0.29, 0.717) is 36.2 Å². The quantitative estimate of drug-likeness (QED) is 0.520. The van der Waals surface area contributed by atoms with Crippen LogP contribution in [0.2, 0.25) is 0 Å². The normalized spacial score (nSPS) is 15.7. The molecule has 2 heterocycles. The third kappa shape index (κ3) is 5.12. The van der Waals surface area contributed by atoms with Crippen molar-refractivity contribution in [1.82, 2.24) is 15.3 Å². The Morgan fingerprint density at radius 1 is 1.26 bits per heavy atom. The van der Waals surface area contributed by atoms with Gasteiger partial charge in [-0.25, -0.2) is 4.98 Å². The lowest BCUT2D eigenvalue weighted by molar-refractivity contribution is -0.121. The van der Waals surface area contributed by atoms with E-state index in [2.05, 4.69) is 31.1 Å². The number of aromatic amines is 1. The second kappa shape index (κ2) is 9.78. The molecule has 1 amide bonds. The fourth-order valence-electron chi connectivity index (χ4n) is 4.60. The summed E-state index contributed by atoms with van der Waals surface area (Å²) in [5.74, 6) is 2.41. The fraction of sp³-hybridized carbons (Fsp3) is 0.500. The molecule has 34 heavy (non-hydrogen) atoms. The lowest BCUT2D eigenvalue weighted by Gasteiger charge is -2.33. The predicted octanol–water partition coefficient (Wildman–Crippen LogP) is 4.40. The van der Waals surface area contributed by atoms with E-state index in [-0.39, 0.29) is 23.3 Å². The largest absolute Gasteiger partial charge is 0.497 e. The molecule has 0 fully saturated rings. The number of aryl methyl sites for hydroxylation is 2. The van der Waals surface area contributed by atoms with Gasteiger partial charge in [0.05, 0.1) is 19.6 Å². The first-order chi connectivity index (χ1) is 16.2. The third-order valence-electron chi connectivity index (χ3n) is 6.75. The van der Waals surface area contributed by atoms with Gasteiger partial charge in [0.25, 0.3) is 5.56 Å². The Balaban J connectivity index is 1.41. The Bertz CT molecular complexity index is 1260. The molecular formula is C26H33N3O4S. The monoisotopic (exact) mass is 483 g/mol. The summed E-state index contributed by atoms with van der Waals surface area (Å²) in [5.41, 5.74) is 2.20. The number of amides is 1. The molecule has 4 rings (SSSR count). The van der Waals surface area contributed by atoms with Crippen molar-refractivity contribution in [3.8, 4) is 11.5 Å². The van der Waals surface area contributed by atoms with Crippen LogP contribution in [0.1, 0.15) is 55.4 Å². The molecule has 0 saturated carbocycles. The van der Waals surface area contributed by atoms with E-state index in [1.165, 1.54) is 10.4 Å². The maximum absolute atomic E-state index is 12.9. The minimum absolute atomic E-state index is 0.0879. The lowest BCUT2D eigenvalue weighted by atomic mass is 9.72. The number of hydrogen-bond acceptors (Lipinski definition) is 6. The van der Waals surface area contributed by atoms with E-state index < -0.39 is 0 Å². The average Bonchev–Trinajstić information content (AvgIpc) is 3.18. The van der Waals surface area contributed by atoms with Crippen LogP contribution in [-0.2, 0) is 30.6 Å². The molecule has 1 aromatic carbocycles. The molecule has 1 unspecified atom stereocenters. The SMILES string of the molecule is COc1ccc(CNC(=O)CCc2nc3sc4c(c3c(=O)[nH]2)CCC(C(C)(C)C)C4)c(OC)c1. The van der Waals surface area contributed by atoms with Gasteiger partial charge in [-0.1, -0.05) is 20.8 Å². The number of aromatic nitrogens is 2. The second-order valence-corrected chi connectivity index (χ2v) is 11.0. The number of carbonyl (C=O) groups is 1. The third-order valence-corrected chi connectivity index (χ3v) is 7.90. The molecule has 1 aliphatic rings. The molecule has 1 aliphatic carbocycles. The summed E-state index contributed by atoms with van der Waals surface area (Å²) in [5, 5.41) is 3.66. The molecule has 0 aliphatic heterocycles. The van der Waals surface area contributed by atoms with Crippen LogP contribution in [0, 0.1) is 11.3 Å². The number of fused-ring (bicyclic) bond motifs is 3. The molecule has 2 aromatic heterocycles. The van der Waals surface area contributed by atoms with Crippen molar-refractivity contribution in [1.29, 1.82) is 0 Å². The lowest BCUT2D eigenvalue weighted by Crippen LogP contribution is -2.26. The Kier molecular flexibility index (Phi) is 6.98. The van der Waals surface area contributed by atoms with E-state index >= 15 is 0 Å². The molecule has 8 heteroatoms. The van der Waals surface area contributed by atoms with Gasteiger partial charge in [-0.2, -0.15) is 0 Å². The number of carbonyl (C=O) groups excluding carboxylic acids is 1. The van der Waals surface area contributed by atoms with Crippen molar-refractivity contribution in [2.45, 2.75) is 59.4 Å². The highest BCUT2D eigenvalue weighted by molar-refractivity contribution is 7.18. The highest BCUT2D eigenvalue weighted by atomic mass is 32.1. The van der Waals surface area contributed by atoms with Crippen LogP contribution < -0.4 is 20.3 Å². The van der Waals surface area contributed by atoms with Crippen LogP contribution in [0.4, 0.5) is 0 Å². The first-order valence-electron chi connectivity index (χ1n) is 11.7. The number of nitrogens with one attached hydrogen (secondary N) is 2. The number of ether oxygens (including phenoxy) is 2. The molecule has 0 spiro atoms. The van der Waals surface area contributed by atoms with Gasteiger partial charge in [0, 0.05) is 35.9 Å². The summed E-state index contributed by atoms with van der Waals surface area (Å²) >= 11 is 1.64. The van der Waals surface area contributed by atoms with Gasteiger partial charge in [-0.3, -0.25) is 9.59 Å². The Labute approximate surface area is 203 Å². The number of H-pyrrole nitrogens is 1. The average molecular weight is 484 g/mol. The van der Waals surface area contributed by atoms with Gasteiger partial charge >= 0.3 is 0 Å². The smallest absolute Gasteiger partial charge is 0.259 e. The van der Waals surface area contributed by atoms with Gasteiger partial charge in [-0.15, -0.1) is 11.3 Å². The standard InChI is InChI=1S/C26H33N3O4S/c1-26(2,3)16-7-9-18-20(12-16)34-25-23(18)24(31)28-21(29-25)10-11-22(30)27-14-15-6-8-17(32-4)13-19(15)33-5/h6,8,13,16H,7,9-12,14H2,1-5H3,(H,27,30)(H,28,29,31). The predicted molar refractivity (Wildman–Crippen MR) is 135 cm³/mol. The van der Waals surface area contributed by atoms with Crippen LogP contribution in [-0.4, -0.2) is 30.1 Å². The second-order valence-electron chi connectivity index (χ2n) is 9.96. The minimum atomic E-state index is -0.112.